The van der Waals surface area contributed by atoms with Gasteiger partial charge in [0.05, 0.1) is 12.1 Å². The van der Waals surface area contributed by atoms with Crippen LogP contribution in [-0.4, -0.2) is 56.2 Å². The second kappa shape index (κ2) is 10.8. The zero-order valence-electron chi connectivity index (χ0n) is 18.9. The van der Waals surface area contributed by atoms with E-state index < -0.39 is 5.82 Å². The Hall–Kier alpha value is -1.63. The van der Waals surface area contributed by atoms with Gasteiger partial charge in [-0.05, 0) is 88.7 Å². The Morgan fingerprint density at radius 1 is 1.26 bits per heavy atom. The first-order valence-electron chi connectivity index (χ1n) is 11.2. The molecule has 1 aromatic carbocycles. The number of allylic oxidation sites excluding steroid dienone is 1. The number of ether oxygens (including phenoxy) is 1. The molecule has 5 nitrogen and oxygen atoms in total. The lowest BCUT2D eigenvalue weighted by atomic mass is 9.89. The lowest BCUT2D eigenvalue weighted by molar-refractivity contribution is 0.0936. The summed E-state index contributed by atoms with van der Waals surface area (Å²) in [6.45, 7) is 8.59. The summed E-state index contributed by atoms with van der Waals surface area (Å²) in [5, 5.41) is 6.91. The Bertz CT molecular complexity index is 778. The van der Waals surface area contributed by atoms with E-state index in [0.29, 0.717) is 19.1 Å². The number of halogens is 2. The van der Waals surface area contributed by atoms with Gasteiger partial charge < -0.3 is 15.4 Å². The minimum absolute atomic E-state index is 0.0882. The highest BCUT2D eigenvalue weighted by molar-refractivity contribution is 6.31. The molecule has 1 amide bonds. The van der Waals surface area contributed by atoms with Gasteiger partial charge in [0.2, 0.25) is 0 Å². The third-order valence-electron chi connectivity index (χ3n) is 6.14. The van der Waals surface area contributed by atoms with Crippen LogP contribution in [0.2, 0.25) is 5.02 Å². The summed E-state index contributed by atoms with van der Waals surface area (Å²) in [5.74, 6) is -0.336. The molecule has 2 fully saturated rings. The van der Waals surface area contributed by atoms with E-state index in [1.165, 1.54) is 43.2 Å². The predicted molar refractivity (Wildman–Crippen MR) is 123 cm³/mol. The fraction of sp³-hybridized carbons (Fsp3) is 0.625. The Balaban J connectivity index is 1.47. The molecule has 0 aromatic heterocycles. The van der Waals surface area contributed by atoms with E-state index in [1.807, 2.05) is 0 Å². The van der Waals surface area contributed by atoms with Crippen LogP contribution >= 0.6 is 11.6 Å². The Kier molecular flexibility index (Phi) is 8.36. The maximum atomic E-state index is 13.5. The van der Waals surface area contributed by atoms with Gasteiger partial charge in [0.1, 0.15) is 5.82 Å². The lowest BCUT2D eigenvalue weighted by Gasteiger charge is -2.37. The molecule has 0 bridgehead atoms. The van der Waals surface area contributed by atoms with Crippen molar-refractivity contribution in [2.75, 3.05) is 39.9 Å². The van der Waals surface area contributed by atoms with Crippen molar-refractivity contribution in [2.24, 2.45) is 5.92 Å². The average molecular weight is 452 g/mol. The van der Waals surface area contributed by atoms with Crippen LogP contribution in [0.15, 0.2) is 29.5 Å². The molecule has 31 heavy (non-hydrogen) atoms. The van der Waals surface area contributed by atoms with E-state index in [1.54, 1.807) is 12.7 Å². The van der Waals surface area contributed by atoms with Gasteiger partial charge in [0.15, 0.2) is 0 Å². The molecule has 0 atom stereocenters. The van der Waals surface area contributed by atoms with Crippen LogP contribution in [0.25, 0.3) is 0 Å². The second-order valence-electron chi connectivity index (χ2n) is 9.47. The molecular formula is C24H35ClFN3O2. The summed E-state index contributed by atoms with van der Waals surface area (Å²) in [6, 6.07) is 3.92. The van der Waals surface area contributed by atoms with Gasteiger partial charge >= 0.3 is 0 Å². The lowest BCUT2D eigenvalue weighted by Crippen LogP contribution is -2.47. The summed E-state index contributed by atoms with van der Waals surface area (Å²) < 4.78 is 18.9. The molecule has 1 aliphatic carbocycles. The Morgan fingerprint density at radius 2 is 1.97 bits per heavy atom. The van der Waals surface area contributed by atoms with E-state index >= 15 is 0 Å². The number of likely N-dealkylation sites (tertiary alicyclic amines) is 1. The number of nitrogens with zero attached hydrogens (tertiary/aromatic N) is 1. The second-order valence-corrected chi connectivity index (χ2v) is 9.90. The zero-order valence-corrected chi connectivity index (χ0v) is 19.7. The van der Waals surface area contributed by atoms with Crippen LogP contribution in [-0.2, 0) is 4.74 Å². The molecule has 1 saturated heterocycles. The topological polar surface area (TPSA) is 53.6 Å². The molecule has 2 aliphatic rings. The summed E-state index contributed by atoms with van der Waals surface area (Å²) in [5.41, 5.74) is 3.09. The third-order valence-corrected chi connectivity index (χ3v) is 6.36. The highest BCUT2D eigenvalue weighted by atomic mass is 35.5. The number of piperidine rings is 1. The van der Waals surface area contributed by atoms with Crippen molar-refractivity contribution in [2.45, 2.75) is 51.5 Å². The van der Waals surface area contributed by atoms with Gasteiger partial charge in [0.25, 0.3) is 5.91 Å². The van der Waals surface area contributed by atoms with Crippen LogP contribution in [0.5, 0.6) is 0 Å². The molecule has 1 saturated carbocycles. The van der Waals surface area contributed by atoms with E-state index in [2.05, 4.69) is 29.4 Å². The third kappa shape index (κ3) is 7.19. The molecule has 7 heteroatoms. The van der Waals surface area contributed by atoms with Crippen molar-refractivity contribution in [3.8, 4) is 0 Å². The van der Waals surface area contributed by atoms with Crippen LogP contribution < -0.4 is 10.6 Å². The van der Waals surface area contributed by atoms with Gasteiger partial charge in [-0.1, -0.05) is 11.6 Å². The normalized spacial score (nSPS) is 17.9. The monoisotopic (exact) mass is 451 g/mol. The first-order chi connectivity index (χ1) is 14.8. The molecular weight excluding hydrogens is 417 g/mol. The Morgan fingerprint density at radius 3 is 2.55 bits per heavy atom. The molecule has 1 heterocycles. The summed E-state index contributed by atoms with van der Waals surface area (Å²) >= 11 is 5.85. The number of hydrogen-bond acceptors (Lipinski definition) is 4. The number of rotatable bonds is 9. The number of methoxy groups -OCH3 is 1. The molecule has 1 aliphatic heterocycles. The van der Waals surface area contributed by atoms with E-state index in [-0.39, 0.29) is 22.0 Å². The van der Waals surface area contributed by atoms with Crippen molar-refractivity contribution >= 4 is 17.5 Å². The predicted octanol–water partition coefficient (Wildman–Crippen LogP) is 4.37. The number of nitrogens with one attached hydrogen (secondary N) is 2. The van der Waals surface area contributed by atoms with Gasteiger partial charge in [0, 0.05) is 36.5 Å². The van der Waals surface area contributed by atoms with Crippen LogP contribution in [0.4, 0.5) is 4.39 Å². The van der Waals surface area contributed by atoms with Crippen molar-refractivity contribution in [1.29, 1.82) is 0 Å². The fourth-order valence-corrected chi connectivity index (χ4v) is 4.52. The molecule has 3 rings (SSSR count). The first-order valence-corrected chi connectivity index (χ1v) is 11.6. The molecule has 2 N–H and O–H groups in total. The number of carbonyl (C=O) groups is 1. The zero-order chi connectivity index (χ0) is 22.4. The standard InChI is InChI=1S/C24H35ClFN3O2/c1-24(2,16-31-3)28-22(18-5-4-6-18)15-29-9-7-17(8-10-29)14-27-23(30)19-11-20(25)13-21(26)12-19/h11-13,17,28H,4-10,14-16H2,1-3H3,(H,27,30). The van der Waals surface area contributed by atoms with Gasteiger partial charge in [-0.3, -0.25) is 9.69 Å². The van der Waals surface area contributed by atoms with Crippen molar-refractivity contribution in [3.05, 3.63) is 45.9 Å². The fourth-order valence-electron chi connectivity index (χ4n) is 4.30. The molecule has 1 aromatic rings. The van der Waals surface area contributed by atoms with Crippen LogP contribution in [0.3, 0.4) is 0 Å². The quantitative estimate of drug-likeness (QED) is 0.585. The van der Waals surface area contributed by atoms with E-state index in [0.717, 1.165) is 32.5 Å². The van der Waals surface area contributed by atoms with E-state index in [9.17, 15) is 9.18 Å². The highest BCUT2D eigenvalue weighted by Gasteiger charge is 2.26. The average Bonchev–Trinajstić information content (AvgIpc) is 2.64. The first kappa shape index (κ1) is 24.0. The Labute approximate surface area is 190 Å². The van der Waals surface area contributed by atoms with Crippen molar-refractivity contribution in [1.82, 2.24) is 15.5 Å². The van der Waals surface area contributed by atoms with Crippen LogP contribution in [0.1, 0.15) is 56.3 Å². The van der Waals surface area contributed by atoms with Crippen molar-refractivity contribution < 1.29 is 13.9 Å². The maximum Gasteiger partial charge on any atom is 0.251 e. The van der Waals surface area contributed by atoms with E-state index in [4.69, 9.17) is 16.3 Å². The number of carbonyl (C=O) groups excluding carboxylic acids is 1. The minimum atomic E-state index is -0.496. The summed E-state index contributed by atoms with van der Waals surface area (Å²) in [4.78, 5) is 14.8. The number of benzene rings is 1. The van der Waals surface area contributed by atoms with Gasteiger partial charge in [-0.15, -0.1) is 0 Å². The molecule has 0 spiro atoms. The van der Waals surface area contributed by atoms with Crippen molar-refractivity contribution in [3.63, 3.8) is 0 Å². The van der Waals surface area contributed by atoms with Crippen LogP contribution in [0, 0.1) is 11.7 Å². The minimum Gasteiger partial charge on any atom is -0.382 e. The maximum absolute atomic E-state index is 13.5. The summed E-state index contributed by atoms with van der Waals surface area (Å²) in [6.07, 6.45) is 5.74. The molecule has 0 radical (unpaired) electrons. The van der Waals surface area contributed by atoms with Gasteiger partial charge in [-0.2, -0.15) is 0 Å². The summed E-state index contributed by atoms with van der Waals surface area (Å²) in [7, 11) is 1.74. The number of amides is 1. The highest BCUT2D eigenvalue weighted by Crippen LogP contribution is 2.30. The largest absolute Gasteiger partial charge is 0.382 e. The smallest absolute Gasteiger partial charge is 0.251 e. The SMILES string of the molecule is COCC(C)(C)NC(CN1CCC(CNC(=O)c2cc(F)cc(Cl)c2)CC1)=C1CCC1. The van der Waals surface area contributed by atoms with Gasteiger partial charge in [-0.25, -0.2) is 4.39 Å². The molecule has 172 valence electrons. The molecule has 0 unspecified atom stereocenters. The number of hydrogen-bond donors (Lipinski definition) is 2.